The van der Waals surface area contributed by atoms with E-state index in [0.717, 1.165) is 30.9 Å². The lowest BCUT2D eigenvalue weighted by atomic mass is 9.79. The van der Waals surface area contributed by atoms with E-state index in [0.29, 0.717) is 11.8 Å². The molecule has 27 heavy (non-hydrogen) atoms. The van der Waals surface area contributed by atoms with Crippen molar-refractivity contribution in [3.05, 3.63) is 29.8 Å². The van der Waals surface area contributed by atoms with Gasteiger partial charge >= 0.3 is 0 Å². The van der Waals surface area contributed by atoms with Gasteiger partial charge in [-0.15, -0.1) is 0 Å². The fourth-order valence-electron chi connectivity index (χ4n) is 5.28. The van der Waals surface area contributed by atoms with Gasteiger partial charge in [-0.25, -0.2) is 0 Å². The van der Waals surface area contributed by atoms with Crippen LogP contribution in [0.3, 0.4) is 0 Å². The van der Waals surface area contributed by atoms with Crippen molar-refractivity contribution in [2.75, 3.05) is 25.0 Å². The Balaban J connectivity index is 1.76. The first kappa shape index (κ1) is 19.9. The van der Waals surface area contributed by atoms with Crippen molar-refractivity contribution >= 4 is 17.6 Å². The SMILES string of the molecule is CCCCCCN1CC2C(C1)C2(c1cccc(NC(C)=O)c1)C(C)C(=O)[O-]. The number of carbonyl (C=O) groups is 2. The molecule has 5 heteroatoms. The largest absolute Gasteiger partial charge is 0.550 e. The van der Waals surface area contributed by atoms with E-state index in [2.05, 4.69) is 17.1 Å². The monoisotopic (exact) mass is 371 g/mol. The van der Waals surface area contributed by atoms with Gasteiger partial charge in [0.15, 0.2) is 0 Å². The van der Waals surface area contributed by atoms with Gasteiger partial charge in [0.25, 0.3) is 0 Å². The molecule has 1 N–H and O–H groups in total. The smallest absolute Gasteiger partial charge is 0.221 e. The molecule has 0 radical (unpaired) electrons. The van der Waals surface area contributed by atoms with Gasteiger partial charge in [0, 0.05) is 43.0 Å². The molecule has 3 atom stereocenters. The summed E-state index contributed by atoms with van der Waals surface area (Å²) in [6.07, 6.45) is 5.00. The lowest BCUT2D eigenvalue weighted by molar-refractivity contribution is -0.312. The Morgan fingerprint density at radius 2 is 1.96 bits per heavy atom. The number of amides is 1. The Labute approximate surface area is 162 Å². The van der Waals surface area contributed by atoms with Gasteiger partial charge in [-0.2, -0.15) is 0 Å². The summed E-state index contributed by atoms with van der Waals surface area (Å²) in [5, 5.41) is 14.6. The molecule has 0 spiro atoms. The molecule has 1 aromatic rings. The molecule has 1 heterocycles. The lowest BCUT2D eigenvalue weighted by Gasteiger charge is -2.33. The molecule has 1 amide bonds. The van der Waals surface area contributed by atoms with E-state index in [4.69, 9.17) is 0 Å². The number of unbranched alkanes of at least 4 members (excludes halogenated alkanes) is 3. The van der Waals surface area contributed by atoms with E-state index in [1.807, 2.05) is 24.3 Å². The van der Waals surface area contributed by atoms with Crippen molar-refractivity contribution in [1.82, 2.24) is 4.90 Å². The topological polar surface area (TPSA) is 72.5 Å². The van der Waals surface area contributed by atoms with Gasteiger partial charge in [0.05, 0.1) is 0 Å². The summed E-state index contributed by atoms with van der Waals surface area (Å²) in [6, 6.07) is 7.71. The molecule has 1 aliphatic heterocycles. The van der Waals surface area contributed by atoms with Crippen LogP contribution in [-0.4, -0.2) is 36.4 Å². The summed E-state index contributed by atoms with van der Waals surface area (Å²) in [5.74, 6) is -0.942. The molecule has 2 fully saturated rings. The normalized spacial score (nSPS) is 27.8. The highest BCUT2D eigenvalue weighted by molar-refractivity contribution is 5.88. The summed E-state index contributed by atoms with van der Waals surface area (Å²) in [4.78, 5) is 25.7. The fourth-order valence-corrected chi connectivity index (χ4v) is 5.28. The molecule has 1 aliphatic carbocycles. The number of nitrogens with zero attached hydrogens (tertiary/aromatic N) is 1. The fraction of sp³-hybridized carbons (Fsp3) is 0.636. The zero-order valence-electron chi connectivity index (χ0n) is 16.7. The second-order valence-electron chi connectivity index (χ2n) is 8.27. The van der Waals surface area contributed by atoms with E-state index < -0.39 is 11.9 Å². The summed E-state index contributed by atoms with van der Waals surface area (Å²) < 4.78 is 0. The Morgan fingerprint density at radius 3 is 2.56 bits per heavy atom. The number of carboxylic acid groups (broad SMARTS) is 1. The molecule has 3 unspecified atom stereocenters. The van der Waals surface area contributed by atoms with E-state index in [-0.39, 0.29) is 11.3 Å². The molecule has 2 aliphatic rings. The van der Waals surface area contributed by atoms with Gasteiger partial charge < -0.3 is 20.1 Å². The number of likely N-dealkylation sites (tertiary alicyclic amines) is 1. The second-order valence-corrected chi connectivity index (χ2v) is 8.27. The first-order valence-electron chi connectivity index (χ1n) is 10.2. The first-order valence-corrected chi connectivity index (χ1v) is 10.2. The number of rotatable bonds is 9. The second kappa shape index (κ2) is 8.01. The number of carboxylic acids is 1. The van der Waals surface area contributed by atoms with Crippen molar-refractivity contribution in [1.29, 1.82) is 0 Å². The Kier molecular flexibility index (Phi) is 5.89. The highest BCUT2D eigenvalue weighted by atomic mass is 16.4. The predicted octanol–water partition coefficient (Wildman–Crippen LogP) is 2.41. The van der Waals surface area contributed by atoms with Crippen LogP contribution >= 0.6 is 0 Å². The van der Waals surface area contributed by atoms with E-state index in [1.165, 1.54) is 32.6 Å². The average Bonchev–Trinajstić information content (AvgIpc) is 3.02. The highest BCUT2D eigenvalue weighted by Gasteiger charge is 2.70. The summed E-state index contributed by atoms with van der Waals surface area (Å²) in [7, 11) is 0. The van der Waals surface area contributed by atoms with Gasteiger partial charge in [-0.3, -0.25) is 4.79 Å². The van der Waals surface area contributed by atoms with Crippen LogP contribution in [0.2, 0.25) is 0 Å². The maximum atomic E-state index is 11.8. The molecular formula is C22H31N2O3-. The Bertz CT molecular complexity index is 691. The van der Waals surface area contributed by atoms with Gasteiger partial charge in [0.2, 0.25) is 5.91 Å². The number of hydrogen-bond donors (Lipinski definition) is 1. The van der Waals surface area contributed by atoms with Crippen molar-refractivity contribution in [3.63, 3.8) is 0 Å². The van der Waals surface area contributed by atoms with E-state index in [9.17, 15) is 14.7 Å². The highest BCUT2D eigenvalue weighted by Crippen LogP contribution is 2.67. The number of aliphatic carboxylic acids is 1. The zero-order valence-corrected chi connectivity index (χ0v) is 16.7. The molecule has 0 aromatic heterocycles. The van der Waals surface area contributed by atoms with Crippen molar-refractivity contribution in [3.8, 4) is 0 Å². The van der Waals surface area contributed by atoms with Crippen LogP contribution in [0.5, 0.6) is 0 Å². The average molecular weight is 372 g/mol. The molecular weight excluding hydrogens is 340 g/mol. The van der Waals surface area contributed by atoms with Crippen LogP contribution in [0.25, 0.3) is 0 Å². The number of benzene rings is 1. The molecule has 148 valence electrons. The predicted molar refractivity (Wildman–Crippen MR) is 104 cm³/mol. The summed E-state index contributed by atoms with van der Waals surface area (Å²) in [6.45, 7) is 8.50. The minimum Gasteiger partial charge on any atom is -0.550 e. The third kappa shape index (κ3) is 3.75. The Hall–Kier alpha value is -1.88. The summed E-state index contributed by atoms with van der Waals surface area (Å²) >= 11 is 0. The number of nitrogens with one attached hydrogen (secondary N) is 1. The standard InChI is InChI=1S/C22H32N2O3/c1-4-5-6-7-11-24-13-19-20(14-24)22(19,15(2)21(26)27)17-9-8-10-18(12-17)23-16(3)25/h8-10,12,15,19-20H,4-7,11,13-14H2,1-3H3,(H,23,25)(H,26,27)/p-1. The quantitative estimate of drug-likeness (QED) is 0.677. The number of anilines is 1. The molecule has 1 saturated carbocycles. The van der Waals surface area contributed by atoms with Crippen molar-refractivity contribution < 1.29 is 14.7 Å². The van der Waals surface area contributed by atoms with E-state index in [1.54, 1.807) is 6.92 Å². The van der Waals surface area contributed by atoms with Crippen molar-refractivity contribution in [2.24, 2.45) is 17.8 Å². The molecule has 0 bridgehead atoms. The third-order valence-corrected chi connectivity index (χ3v) is 6.59. The van der Waals surface area contributed by atoms with Gasteiger partial charge in [0.1, 0.15) is 0 Å². The number of fused-ring (bicyclic) bond motifs is 1. The van der Waals surface area contributed by atoms with Crippen LogP contribution in [0, 0.1) is 17.8 Å². The maximum absolute atomic E-state index is 11.8. The molecule has 5 nitrogen and oxygen atoms in total. The maximum Gasteiger partial charge on any atom is 0.221 e. The number of hydrogen-bond acceptors (Lipinski definition) is 4. The third-order valence-electron chi connectivity index (χ3n) is 6.59. The van der Waals surface area contributed by atoms with Crippen molar-refractivity contribution in [2.45, 2.75) is 51.9 Å². The summed E-state index contributed by atoms with van der Waals surface area (Å²) in [5.41, 5.74) is 1.38. The minimum atomic E-state index is -0.983. The van der Waals surface area contributed by atoms with Gasteiger partial charge in [-0.1, -0.05) is 45.2 Å². The van der Waals surface area contributed by atoms with Crippen LogP contribution in [-0.2, 0) is 15.0 Å². The zero-order chi connectivity index (χ0) is 19.6. The molecule has 3 rings (SSSR count). The van der Waals surface area contributed by atoms with Crippen LogP contribution in [0.15, 0.2) is 24.3 Å². The number of piperidine rings is 1. The Morgan fingerprint density at radius 1 is 1.26 bits per heavy atom. The first-order chi connectivity index (χ1) is 12.9. The molecule has 1 aromatic carbocycles. The minimum absolute atomic E-state index is 0.122. The van der Waals surface area contributed by atoms with Crippen LogP contribution < -0.4 is 10.4 Å². The van der Waals surface area contributed by atoms with E-state index >= 15 is 0 Å². The van der Waals surface area contributed by atoms with Crippen LogP contribution in [0.4, 0.5) is 5.69 Å². The number of carbonyl (C=O) groups excluding carboxylic acids is 2. The lowest BCUT2D eigenvalue weighted by Crippen LogP contribution is -2.42. The van der Waals surface area contributed by atoms with Gasteiger partial charge in [-0.05, 0) is 42.5 Å². The molecule has 1 saturated heterocycles. The van der Waals surface area contributed by atoms with Crippen LogP contribution in [0.1, 0.15) is 52.0 Å².